The number of carbonyl (C=O) groups excluding carboxylic acids is 3. The van der Waals surface area contributed by atoms with Crippen LogP contribution >= 0.6 is 11.3 Å². The van der Waals surface area contributed by atoms with Gasteiger partial charge in [0, 0.05) is 5.38 Å². The fourth-order valence-electron chi connectivity index (χ4n) is 1.65. The normalized spacial score (nSPS) is 12.2. The molecule has 0 aliphatic carbocycles. The van der Waals surface area contributed by atoms with Gasteiger partial charge in [-0.15, -0.1) is 11.3 Å². The maximum Gasteiger partial charge on any atom is 0.408 e. The number of nitrogens with one attached hydrogen (secondary N) is 1. The van der Waals surface area contributed by atoms with Gasteiger partial charge in [0.1, 0.15) is 10.6 Å². The first-order valence-electron chi connectivity index (χ1n) is 7.35. The minimum atomic E-state index is -0.763. The molecular weight excluding hydrogens is 336 g/mol. The number of hydrogen-bond donors (Lipinski definition) is 1. The summed E-state index contributed by atoms with van der Waals surface area (Å²) in [6.45, 7) is 7.10. The van der Waals surface area contributed by atoms with Gasteiger partial charge < -0.3 is 19.5 Å². The molecule has 8 nitrogen and oxygen atoms in total. The zero-order valence-electron chi connectivity index (χ0n) is 14.4. The molecule has 0 unspecified atom stereocenters. The zero-order valence-corrected chi connectivity index (χ0v) is 15.2. The molecule has 0 saturated carbocycles. The van der Waals surface area contributed by atoms with Crippen molar-refractivity contribution in [1.29, 1.82) is 0 Å². The van der Waals surface area contributed by atoms with Crippen molar-refractivity contribution in [1.82, 2.24) is 10.3 Å². The molecule has 1 heterocycles. The Balaban J connectivity index is 2.91. The molecule has 1 rings (SSSR count). The average Bonchev–Trinajstić information content (AvgIpc) is 2.94. The molecule has 1 aromatic rings. The number of amides is 1. The molecule has 0 aliphatic heterocycles. The van der Waals surface area contributed by atoms with Crippen LogP contribution in [-0.2, 0) is 19.0 Å². The smallest absolute Gasteiger partial charge is 0.408 e. The molecule has 1 N–H and O–H groups in total. The van der Waals surface area contributed by atoms with Gasteiger partial charge in [-0.3, -0.25) is 4.79 Å². The Kier molecular flexibility index (Phi) is 7.15. The lowest BCUT2D eigenvalue weighted by molar-refractivity contribution is -0.141. The van der Waals surface area contributed by atoms with Crippen molar-refractivity contribution < 1.29 is 28.6 Å². The zero-order chi connectivity index (χ0) is 18.3. The summed E-state index contributed by atoms with van der Waals surface area (Å²) in [6.07, 6.45) is -0.824. The van der Waals surface area contributed by atoms with Gasteiger partial charge in [0.25, 0.3) is 0 Å². The second-order valence-corrected chi connectivity index (χ2v) is 6.66. The van der Waals surface area contributed by atoms with Gasteiger partial charge in [-0.2, -0.15) is 0 Å². The van der Waals surface area contributed by atoms with Gasteiger partial charge in [-0.1, -0.05) is 0 Å². The fraction of sp³-hybridized carbons (Fsp3) is 0.600. The summed E-state index contributed by atoms with van der Waals surface area (Å²) in [5, 5.41) is 4.47. The predicted octanol–water partition coefficient (Wildman–Crippen LogP) is 2.45. The summed E-state index contributed by atoms with van der Waals surface area (Å²) in [5.74, 6) is -1.09. The first-order chi connectivity index (χ1) is 11.2. The summed E-state index contributed by atoms with van der Waals surface area (Å²) >= 11 is 1.13. The van der Waals surface area contributed by atoms with E-state index in [4.69, 9.17) is 9.47 Å². The molecule has 0 aromatic carbocycles. The molecule has 24 heavy (non-hydrogen) atoms. The van der Waals surface area contributed by atoms with Gasteiger partial charge >= 0.3 is 18.0 Å². The number of thiazole rings is 1. The Hall–Kier alpha value is -2.16. The van der Waals surface area contributed by atoms with Crippen LogP contribution < -0.4 is 5.32 Å². The Labute approximate surface area is 144 Å². The monoisotopic (exact) mass is 358 g/mol. The second kappa shape index (κ2) is 8.62. The van der Waals surface area contributed by atoms with E-state index in [1.807, 2.05) is 0 Å². The van der Waals surface area contributed by atoms with E-state index in [0.717, 1.165) is 11.3 Å². The third-order valence-electron chi connectivity index (χ3n) is 2.59. The number of hydrogen-bond acceptors (Lipinski definition) is 8. The van der Waals surface area contributed by atoms with E-state index in [1.165, 1.54) is 12.5 Å². The number of alkyl carbamates (subject to hydrolysis) is 1. The highest BCUT2D eigenvalue weighted by Gasteiger charge is 2.26. The van der Waals surface area contributed by atoms with Crippen molar-refractivity contribution >= 4 is 29.4 Å². The molecule has 1 aromatic heterocycles. The number of esters is 2. The van der Waals surface area contributed by atoms with E-state index in [-0.39, 0.29) is 18.7 Å². The van der Waals surface area contributed by atoms with E-state index in [2.05, 4.69) is 15.0 Å². The molecule has 0 bridgehead atoms. The Morgan fingerprint density at radius 1 is 1.33 bits per heavy atom. The average molecular weight is 358 g/mol. The number of rotatable bonds is 6. The lowest BCUT2D eigenvalue weighted by Gasteiger charge is -2.22. The van der Waals surface area contributed by atoms with E-state index in [9.17, 15) is 14.4 Å². The largest absolute Gasteiger partial charge is 0.469 e. The van der Waals surface area contributed by atoms with E-state index in [0.29, 0.717) is 5.01 Å². The summed E-state index contributed by atoms with van der Waals surface area (Å²) < 4.78 is 14.7. The van der Waals surface area contributed by atoms with Crippen molar-refractivity contribution in [3.63, 3.8) is 0 Å². The lowest BCUT2D eigenvalue weighted by Crippen LogP contribution is -2.36. The van der Waals surface area contributed by atoms with Crippen molar-refractivity contribution in [2.75, 3.05) is 13.7 Å². The van der Waals surface area contributed by atoms with Crippen molar-refractivity contribution in [3.8, 4) is 0 Å². The highest BCUT2D eigenvalue weighted by atomic mass is 32.1. The summed E-state index contributed by atoms with van der Waals surface area (Å²) in [7, 11) is 1.25. The third kappa shape index (κ3) is 6.53. The van der Waals surface area contributed by atoms with Gasteiger partial charge in [0.05, 0.1) is 26.2 Å². The number of methoxy groups -OCH3 is 1. The van der Waals surface area contributed by atoms with Crippen LogP contribution in [-0.4, -0.2) is 42.3 Å². The predicted molar refractivity (Wildman–Crippen MR) is 86.8 cm³/mol. The van der Waals surface area contributed by atoms with Crippen LogP contribution in [0.25, 0.3) is 0 Å². The molecule has 1 amide bonds. The second-order valence-electron chi connectivity index (χ2n) is 5.77. The first kappa shape index (κ1) is 19.9. The van der Waals surface area contributed by atoms with Crippen LogP contribution in [0.5, 0.6) is 0 Å². The standard InChI is InChI=1S/C15H22N2O6S/c1-6-22-13(19)10-8-24-12(16-10)9(7-11(18)21-5)17-14(20)23-15(2,3)4/h8-9H,6-7H2,1-5H3,(H,17,20)/t9-/m0/s1. The Morgan fingerprint density at radius 3 is 2.54 bits per heavy atom. The number of aromatic nitrogens is 1. The highest BCUT2D eigenvalue weighted by Crippen LogP contribution is 2.23. The van der Waals surface area contributed by atoms with Crippen molar-refractivity contribution in [3.05, 3.63) is 16.1 Å². The van der Waals surface area contributed by atoms with Crippen LogP contribution in [0.3, 0.4) is 0 Å². The summed E-state index contributed by atoms with van der Waals surface area (Å²) in [5.41, 5.74) is -0.559. The highest BCUT2D eigenvalue weighted by molar-refractivity contribution is 7.09. The summed E-state index contributed by atoms with van der Waals surface area (Å²) in [4.78, 5) is 39.4. The van der Waals surface area contributed by atoms with E-state index >= 15 is 0 Å². The first-order valence-corrected chi connectivity index (χ1v) is 8.23. The molecule has 0 spiro atoms. The van der Waals surface area contributed by atoms with Crippen LogP contribution in [0.1, 0.15) is 55.7 Å². The van der Waals surface area contributed by atoms with Crippen LogP contribution in [0.2, 0.25) is 0 Å². The van der Waals surface area contributed by atoms with Gasteiger partial charge in [0.2, 0.25) is 0 Å². The summed E-state index contributed by atoms with van der Waals surface area (Å²) in [6, 6.07) is -0.763. The minimum Gasteiger partial charge on any atom is -0.469 e. The van der Waals surface area contributed by atoms with Crippen molar-refractivity contribution in [2.24, 2.45) is 0 Å². The quantitative estimate of drug-likeness (QED) is 0.615. The minimum absolute atomic E-state index is 0.123. The Morgan fingerprint density at radius 2 is 2.00 bits per heavy atom. The molecule has 0 fully saturated rings. The number of carbonyl (C=O) groups is 3. The van der Waals surface area contributed by atoms with Gasteiger partial charge in [0.15, 0.2) is 5.69 Å². The fourth-order valence-corrected chi connectivity index (χ4v) is 2.49. The topological polar surface area (TPSA) is 104 Å². The van der Waals surface area contributed by atoms with Crippen LogP contribution in [0.4, 0.5) is 4.79 Å². The number of nitrogens with zero attached hydrogens (tertiary/aromatic N) is 1. The number of ether oxygens (including phenoxy) is 3. The molecule has 0 aliphatic rings. The molecule has 9 heteroatoms. The maximum atomic E-state index is 12.0. The van der Waals surface area contributed by atoms with Gasteiger partial charge in [-0.05, 0) is 27.7 Å². The lowest BCUT2D eigenvalue weighted by atomic mass is 10.2. The Bertz CT molecular complexity index is 593. The van der Waals surface area contributed by atoms with E-state index < -0.39 is 29.7 Å². The molecule has 134 valence electrons. The third-order valence-corrected chi connectivity index (χ3v) is 3.55. The van der Waals surface area contributed by atoms with Crippen LogP contribution in [0, 0.1) is 0 Å². The molecule has 0 saturated heterocycles. The van der Waals surface area contributed by atoms with E-state index in [1.54, 1.807) is 27.7 Å². The molecule has 0 radical (unpaired) electrons. The SMILES string of the molecule is CCOC(=O)c1csc([C@H](CC(=O)OC)NC(=O)OC(C)(C)C)n1. The van der Waals surface area contributed by atoms with Crippen LogP contribution in [0.15, 0.2) is 5.38 Å². The molecule has 1 atom stereocenters. The van der Waals surface area contributed by atoms with Crippen molar-refractivity contribution in [2.45, 2.75) is 45.8 Å². The molecular formula is C15H22N2O6S. The maximum absolute atomic E-state index is 12.0. The van der Waals surface area contributed by atoms with Gasteiger partial charge in [-0.25, -0.2) is 14.6 Å².